The van der Waals surface area contributed by atoms with Crippen molar-refractivity contribution in [1.82, 2.24) is 15.0 Å². The average molecular weight is 362 g/mol. The molecule has 2 aromatic carbocycles. The maximum atomic E-state index is 12.5. The minimum atomic E-state index is -0.511. The Morgan fingerprint density at radius 1 is 1.04 bits per heavy atom. The smallest absolute Gasteiger partial charge is 0.277 e. The van der Waals surface area contributed by atoms with Crippen LogP contribution in [-0.4, -0.2) is 26.7 Å². The van der Waals surface area contributed by atoms with Crippen molar-refractivity contribution < 1.29 is 14.3 Å². The Hall–Kier alpha value is -3.35. The third-order valence-electron chi connectivity index (χ3n) is 4.87. The lowest BCUT2D eigenvalue weighted by molar-refractivity contribution is -0.0716. The van der Waals surface area contributed by atoms with Crippen molar-refractivity contribution in [2.24, 2.45) is 0 Å². The number of ether oxygens (including phenoxy) is 2. The van der Waals surface area contributed by atoms with Crippen molar-refractivity contribution in [3.05, 3.63) is 60.4 Å². The Kier molecular flexibility index (Phi) is 3.60. The van der Waals surface area contributed by atoms with E-state index in [1.807, 2.05) is 36.4 Å². The highest BCUT2D eigenvalue weighted by Gasteiger charge is 2.44. The van der Waals surface area contributed by atoms with Crippen LogP contribution >= 0.6 is 0 Å². The van der Waals surface area contributed by atoms with E-state index in [2.05, 4.69) is 15.5 Å². The highest BCUT2D eigenvalue weighted by atomic mass is 16.7. The number of anilines is 1. The van der Waals surface area contributed by atoms with Crippen molar-refractivity contribution in [2.75, 3.05) is 5.32 Å². The predicted molar refractivity (Wildman–Crippen MR) is 98.2 cm³/mol. The molecule has 1 aromatic heterocycles. The number of fused-ring (bicyclic) bond motifs is 1. The zero-order valence-electron chi connectivity index (χ0n) is 14.6. The van der Waals surface area contributed by atoms with Gasteiger partial charge in [0.15, 0.2) is 17.2 Å². The number of carbonyl (C=O) groups excluding carboxylic acids is 1. The molecule has 1 fully saturated rings. The van der Waals surface area contributed by atoms with Gasteiger partial charge in [-0.3, -0.25) is 4.79 Å². The maximum Gasteiger partial charge on any atom is 0.277 e. The first-order chi connectivity index (χ1) is 13.2. The molecule has 0 radical (unpaired) electrons. The van der Waals surface area contributed by atoms with Gasteiger partial charge < -0.3 is 14.8 Å². The molecule has 136 valence electrons. The molecule has 1 amide bonds. The molecule has 27 heavy (non-hydrogen) atoms. The SMILES string of the molecule is O=C(Nc1ccc2c(c1)OC1(CCCC1)O2)c1cnn(-c2ccccc2)n1. The van der Waals surface area contributed by atoms with Gasteiger partial charge in [-0.05, 0) is 37.1 Å². The van der Waals surface area contributed by atoms with Gasteiger partial charge in [-0.25, -0.2) is 0 Å². The van der Waals surface area contributed by atoms with Crippen molar-refractivity contribution in [3.8, 4) is 17.2 Å². The molecule has 1 N–H and O–H groups in total. The van der Waals surface area contributed by atoms with Gasteiger partial charge in [0.2, 0.25) is 0 Å². The van der Waals surface area contributed by atoms with E-state index in [1.165, 1.54) is 11.0 Å². The quantitative estimate of drug-likeness (QED) is 0.771. The number of hydrogen-bond acceptors (Lipinski definition) is 5. The second-order valence-electron chi connectivity index (χ2n) is 6.79. The lowest BCUT2D eigenvalue weighted by Crippen LogP contribution is -2.34. The van der Waals surface area contributed by atoms with Crippen LogP contribution in [0.15, 0.2) is 54.7 Å². The second kappa shape index (κ2) is 6.12. The van der Waals surface area contributed by atoms with E-state index in [0.29, 0.717) is 11.4 Å². The van der Waals surface area contributed by atoms with Crippen molar-refractivity contribution in [1.29, 1.82) is 0 Å². The average Bonchev–Trinajstić information content (AvgIpc) is 3.42. The molecule has 7 nitrogen and oxygen atoms in total. The van der Waals surface area contributed by atoms with Gasteiger partial charge in [-0.1, -0.05) is 18.2 Å². The normalized spacial score (nSPS) is 16.6. The summed E-state index contributed by atoms with van der Waals surface area (Å²) in [6.07, 6.45) is 5.45. The maximum absolute atomic E-state index is 12.5. The number of nitrogens with one attached hydrogen (secondary N) is 1. The van der Waals surface area contributed by atoms with Gasteiger partial charge in [-0.2, -0.15) is 9.90 Å². The first-order valence-electron chi connectivity index (χ1n) is 9.02. The first-order valence-corrected chi connectivity index (χ1v) is 9.02. The Morgan fingerprint density at radius 2 is 1.81 bits per heavy atom. The predicted octanol–water partition coefficient (Wildman–Crippen LogP) is 3.56. The lowest BCUT2D eigenvalue weighted by atomic mass is 10.2. The van der Waals surface area contributed by atoms with Crippen LogP contribution in [0, 0.1) is 0 Å². The van der Waals surface area contributed by atoms with E-state index in [-0.39, 0.29) is 11.6 Å². The minimum Gasteiger partial charge on any atom is -0.448 e. The van der Waals surface area contributed by atoms with E-state index >= 15 is 0 Å². The summed E-state index contributed by atoms with van der Waals surface area (Å²) in [5, 5.41) is 11.2. The highest BCUT2D eigenvalue weighted by molar-refractivity contribution is 6.02. The number of hydrogen-bond donors (Lipinski definition) is 1. The van der Waals surface area contributed by atoms with Crippen LogP contribution in [0.5, 0.6) is 11.5 Å². The first kappa shape index (κ1) is 15.9. The summed E-state index contributed by atoms with van der Waals surface area (Å²) in [6, 6.07) is 14.9. The van der Waals surface area contributed by atoms with Crippen LogP contribution in [0.2, 0.25) is 0 Å². The Bertz CT molecular complexity index is 993. The molecule has 0 atom stereocenters. The number of carbonyl (C=O) groups is 1. The molecule has 1 spiro atoms. The molecule has 2 aliphatic rings. The second-order valence-corrected chi connectivity index (χ2v) is 6.79. The molecule has 0 bridgehead atoms. The van der Waals surface area contributed by atoms with E-state index in [9.17, 15) is 4.79 Å². The summed E-state index contributed by atoms with van der Waals surface area (Å²) in [5.74, 6) is 0.558. The van der Waals surface area contributed by atoms with Crippen LogP contribution in [0.3, 0.4) is 0 Å². The van der Waals surface area contributed by atoms with Crippen molar-refractivity contribution >= 4 is 11.6 Å². The lowest BCUT2D eigenvalue weighted by Gasteiger charge is -2.21. The monoisotopic (exact) mass is 362 g/mol. The van der Waals surface area contributed by atoms with Crippen molar-refractivity contribution in [2.45, 2.75) is 31.5 Å². The van der Waals surface area contributed by atoms with Gasteiger partial charge in [-0.15, -0.1) is 5.10 Å². The molecule has 1 aliphatic carbocycles. The number of rotatable bonds is 3. The topological polar surface area (TPSA) is 78.3 Å². The standard InChI is InChI=1S/C20H18N4O3/c25-19(16-13-21-24(23-16)15-6-2-1-3-7-15)22-14-8-9-17-18(12-14)27-20(26-17)10-4-5-11-20/h1-3,6-9,12-13H,4-5,10-11H2,(H,22,25). The molecule has 0 saturated heterocycles. The fourth-order valence-electron chi connectivity index (χ4n) is 3.54. The van der Waals surface area contributed by atoms with E-state index in [1.54, 1.807) is 12.1 Å². The molecular weight excluding hydrogens is 344 g/mol. The Balaban J connectivity index is 1.32. The van der Waals surface area contributed by atoms with Crippen LogP contribution in [0.25, 0.3) is 5.69 Å². The number of para-hydroxylation sites is 1. The fraction of sp³-hybridized carbons (Fsp3) is 0.250. The molecule has 2 heterocycles. The van der Waals surface area contributed by atoms with Gasteiger partial charge in [0, 0.05) is 24.6 Å². The van der Waals surface area contributed by atoms with Crippen LogP contribution in [-0.2, 0) is 0 Å². The van der Waals surface area contributed by atoms with Crippen LogP contribution in [0.4, 0.5) is 5.69 Å². The largest absolute Gasteiger partial charge is 0.448 e. The summed E-state index contributed by atoms with van der Waals surface area (Å²) in [6.45, 7) is 0. The van der Waals surface area contributed by atoms with E-state index in [4.69, 9.17) is 9.47 Å². The summed E-state index contributed by atoms with van der Waals surface area (Å²) in [4.78, 5) is 13.9. The molecule has 1 aliphatic heterocycles. The minimum absolute atomic E-state index is 0.240. The Labute approximate surface area is 155 Å². The number of amides is 1. The van der Waals surface area contributed by atoms with Gasteiger partial charge in [0.05, 0.1) is 11.9 Å². The fourth-order valence-corrected chi connectivity index (χ4v) is 3.54. The van der Waals surface area contributed by atoms with Gasteiger partial charge in [0.25, 0.3) is 11.7 Å². The molecular formula is C20H18N4O3. The molecule has 3 aromatic rings. The molecule has 1 saturated carbocycles. The van der Waals surface area contributed by atoms with E-state index in [0.717, 1.165) is 37.1 Å². The molecule has 7 heteroatoms. The van der Waals surface area contributed by atoms with Crippen LogP contribution in [0.1, 0.15) is 36.2 Å². The zero-order valence-corrected chi connectivity index (χ0v) is 14.6. The number of nitrogens with zero attached hydrogens (tertiary/aromatic N) is 3. The summed E-state index contributed by atoms with van der Waals surface area (Å²) < 4.78 is 12.0. The Morgan fingerprint density at radius 3 is 2.63 bits per heavy atom. The van der Waals surface area contributed by atoms with Crippen LogP contribution < -0.4 is 14.8 Å². The third-order valence-corrected chi connectivity index (χ3v) is 4.87. The highest BCUT2D eigenvalue weighted by Crippen LogP contribution is 2.47. The molecule has 0 unspecified atom stereocenters. The number of aromatic nitrogens is 3. The van der Waals surface area contributed by atoms with Gasteiger partial charge >= 0.3 is 0 Å². The van der Waals surface area contributed by atoms with Gasteiger partial charge in [0.1, 0.15) is 0 Å². The summed E-state index contributed by atoms with van der Waals surface area (Å²) in [7, 11) is 0. The van der Waals surface area contributed by atoms with E-state index < -0.39 is 5.79 Å². The number of benzene rings is 2. The summed E-state index contributed by atoms with van der Waals surface area (Å²) >= 11 is 0. The zero-order chi connectivity index (χ0) is 18.3. The van der Waals surface area contributed by atoms with Crippen molar-refractivity contribution in [3.63, 3.8) is 0 Å². The molecule has 5 rings (SSSR count). The summed E-state index contributed by atoms with van der Waals surface area (Å²) in [5.41, 5.74) is 1.66. The third kappa shape index (κ3) is 2.91.